The maximum atomic E-state index is 11.8. The van der Waals surface area contributed by atoms with Crippen LogP contribution in [-0.2, 0) is 22.6 Å². The third-order valence-electron chi connectivity index (χ3n) is 3.78. The number of benzene rings is 2. The van der Waals surface area contributed by atoms with E-state index in [1.165, 1.54) is 5.56 Å². The van der Waals surface area contributed by atoms with Gasteiger partial charge in [-0.05, 0) is 29.0 Å². The second-order valence-electron chi connectivity index (χ2n) is 6.05. The van der Waals surface area contributed by atoms with Crippen LogP contribution in [-0.4, -0.2) is 18.4 Å². The van der Waals surface area contributed by atoms with Gasteiger partial charge in [0.25, 0.3) is 0 Å². The van der Waals surface area contributed by atoms with Crippen molar-refractivity contribution in [2.75, 3.05) is 0 Å². The van der Waals surface area contributed by atoms with E-state index >= 15 is 0 Å². The minimum absolute atomic E-state index is 0.182. The minimum atomic E-state index is -0.599. The van der Waals surface area contributed by atoms with Crippen molar-refractivity contribution < 1.29 is 14.3 Å². The van der Waals surface area contributed by atoms with Crippen LogP contribution in [0.1, 0.15) is 36.5 Å². The molecule has 0 radical (unpaired) electrons. The first-order valence-electron chi connectivity index (χ1n) is 8.10. The minimum Gasteiger partial charge on any atom is -0.445 e. The smallest absolute Gasteiger partial charge is 0.408 e. The summed E-state index contributed by atoms with van der Waals surface area (Å²) in [6.07, 6.45) is 0.595. The van der Waals surface area contributed by atoms with Crippen LogP contribution < -0.4 is 5.32 Å². The highest BCUT2D eigenvalue weighted by molar-refractivity contribution is 5.73. The van der Waals surface area contributed by atoms with Gasteiger partial charge in [0.2, 0.25) is 0 Å². The van der Waals surface area contributed by atoms with Gasteiger partial charge in [-0.15, -0.1) is 0 Å². The fourth-order valence-electron chi connectivity index (χ4n) is 2.34. The Labute approximate surface area is 142 Å². The molecule has 126 valence electrons. The summed E-state index contributed by atoms with van der Waals surface area (Å²) in [4.78, 5) is 23.1. The van der Waals surface area contributed by atoms with Crippen LogP contribution in [0.5, 0.6) is 0 Å². The zero-order chi connectivity index (χ0) is 17.4. The number of carbonyl (C=O) groups excluding carboxylic acids is 2. The maximum absolute atomic E-state index is 11.8. The highest BCUT2D eigenvalue weighted by atomic mass is 16.5. The molecular formula is C20H23NO3. The number of ether oxygens (including phenoxy) is 1. The molecule has 0 heterocycles. The lowest BCUT2D eigenvalue weighted by Gasteiger charge is -2.14. The Morgan fingerprint density at radius 3 is 2.29 bits per heavy atom. The van der Waals surface area contributed by atoms with Gasteiger partial charge in [0.15, 0.2) is 0 Å². The van der Waals surface area contributed by atoms with E-state index in [-0.39, 0.29) is 6.61 Å². The van der Waals surface area contributed by atoms with Gasteiger partial charge in [-0.1, -0.05) is 68.4 Å². The van der Waals surface area contributed by atoms with Gasteiger partial charge in [-0.3, -0.25) is 0 Å². The summed E-state index contributed by atoms with van der Waals surface area (Å²) in [5, 5.41) is 2.59. The number of aldehydes is 1. The Bertz CT molecular complexity index is 650. The van der Waals surface area contributed by atoms with Crippen LogP contribution >= 0.6 is 0 Å². The Balaban J connectivity index is 1.84. The van der Waals surface area contributed by atoms with Gasteiger partial charge in [-0.25, -0.2) is 4.79 Å². The zero-order valence-corrected chi connectivity index (χ0v) is 14.1. The van der Waals surface area contributed by atoms with Gasteiger partial charge in [-0.2, -0.15) is 0 Å². The molecule has 4 nitrogen and oxygen atoms in total. The molecule has 0 bridgehead atoms. The monoisotopic (exact) mass is 325 g/mol. The molecule has 1 atom stereocenters. The molecule has 0 unspecified atom stereocenters. The highest BCUT2D eigenvalue weighted by Gasteiger charge is 2.13. The maximum Gasteiger partial charge on any atom is 0.408 e. The van der Waals surface area contributed by atoms with Crippen molar-refractivity contribution in [3.8, 4) is 0 Å². The molecular weight excluding hydrogens is 302 g/mol. The Kier molecular flexibility index (Phi) is 6.55. The van der Waals surface area contributed by atoms with Crippen LogP contribution in [0, 0.1) is 0 Å². The number of amides is 1. The van der Waals surface area contributed by atoms with Crippen LogP contribution in [0.3, 0.4) is 0 Å². The number of carbonyl (C=O) groups is 2. The topological polar surface area (TPSA) is 55.4 Å². The van der Waals surface area contributed by atoms with Crippen molar-refractivity contribution in [3.63, 3.8) is 0 Å². The molecule has 0 aliphatic rings. The van der Waals surface area contributed by atoms with Gasteiger partial charge >= 0.3 is 6.09 Å². The van der Waals surface area contributed by atoms with Crippen molar-refractivity contribution >= 4 is 12.4 Å². The first-order valence-corrected chi connectivity index (χ1v) is 8.10. The quantitative estimate of drug-likeness (QED) is 0.787. The van der Waals surface area contributed by atoms with E-state index in [1.54, 1.807) is 0 Å². The van der Waals surface area contributed by atoms with E-state index in [9.17, 15) is 9.59 Å². The van der Waals surface area contributed by atoms with Crippen molar-refractivity contribution in [2.45, 2.75) is 38.8 Å². The average molecular weight is 325 g/mol. The standard InChI is InChI=1S/C20H23NO3/c1-15(2)18-10-8-16(9-11-18)12-19(13-22)21-20(23)24-14-17-6-4-3-5-7-17/h3-11,13,15,19H,12,14H2,1-2H3,(H,21,23)/t19-/m1/s1. The van der Waals surface area contributed by atoms with Gasteiger partial charge < -0.3 is 14.8 Å². The fraction of sp³-hybridized carbons (Fsp3) is 0.300. The first-order chi connectivity index (χ1) is 11.6. The van der Waals surface area contributed by atoms with Gasteiger partial charge in [0.1, 0.15) is 12.9 Å². The summed E-state index contributed by atoms with van der Waals surface area (Å²) >= 11 is 0. The zero-order valence-electron chi connectivity index (χ0n) is 14.1. The molecule has 0 fully saturated rings. The SMILES string of the molecule is CC(C)c1ccc(C[C@H](C=O)NC(=O)OCc2ccccc2)cc1. The highest BCUT2D eigenvalue weighted by Crippen LogP contribution is 2.15. The van der Waals surface area contributed by atoms with Crippen LogP contribution in [0.4, 0.5) is 4.79 Å². The molecule has 0 saturated heterocycles. The molecule has 2 aromatic carbocycles. The van der Waals surface area contributed by atoms with Crippen LogP contribution in [0.2, 0.25) is 0 Å². The fourth-order valence-corrected chi connectivity index (χ4v) is 2.34. The number of alkyl carbamates (subject to hydrolysis) is 1. The molecule has 0 aliphatic heterocycles. The number of nitrogens with one attached hydrogen (secondary N) is 1. The lowest BCUT2D eigenvalue weighted by Crippen LogP contribution is -2.37. The van der Waals surface area contributed by atoms with Gasteiger partial charge in [0.05, 0.1) is 6.04 Å². The lowest BCUT2D eigenvalue weighted by molar-refractivity contribution is -0.109. The van der Waals surface area contributed by atoms with E-state index < -0.39 is 12.1 Å². The van der Waals surface area contributed by atoms with E-state index in [2.05, 4.69) is 31.3 Å². The molecule has 2 aromatic rings. The summed E-state index contributed by atoms with van der Waals surface area (Å²) in [6, 6.07) is 16.9. The summed E-state index contributed by atoms with van der Waals surface area (Å²) in [6.45, 7) is 4.45. The van der Waals surface area contributed by atoms with Crippen LogP contribution in [0.15, 0.2) is 54.6 Å². The number of hydrogen-bond donors (Lipinski definition) is 1. The molecule has 0 spiro atoms. The molecule has 24 heavy (non-hydrogen) atoms. The molecule has 2 rings (SSSR count). The third-order valence-corrected chi connectivity index (χ3v) is 3.78. The molecule has 1 amide bonds. The number of hydrogen-bond acceptors (Lipinski definition) is 3. The van der Waals surface area contributed by atoms with Crippen molar-refractivity contribution in [2.24, 2.45) is 0 Å². The normalized spacial score (nSPS) is 11.8. The molecule has 4 heteroatoms. The van der Waals surface area contributed by atoms with Gasteiger partial charge in [0, 0.05) is 0 Å². The second-order valence-corrected chi connectivity index (χ2v) is 6.05. The molecule has 0 saturated carbocycles. The Morgan fingerprint density at radius 1 is 1.04 bits per heavy atom. The van der Waals surface area contributed by atoms with Crippen molar-refractivity contribution in [1.82, 2.24) is 5.32 Å². The molecule has 0 aromatic heterocycles. The van der Waals surface area contributed by atoms with E-state index in [4.69, 9.17) is 4.74 Å². The Hall–Kier alpha value is -2.62. The Morgan fingerprint density at radius 2 is 1.71 bits per heavy atom. The van der Waals surface area contributed by atoms with Crippen molar-refractivity contribution in [1.29, 1.82) is 0 Å². The largest absolute Gasteiger partial charge is 0.445 e. The van der Waals surface area contributed by atoms with E-state index in [0.29, 0.717) is 12.3 Å². The predicted molar refractivity (Wildman–Crippen MR) is 93.8 cm³/mol. The summed E-state index contributed by atoms with van der Waals surface area (Å²) in [7, 11) is 0. The van der Waals surface area contributed by atoms with Crippen molar-refractivity contribution in [3.05, 3.63) is 71.3 Å². The summed E-state index contributed by atoms with van der Waals surface area (Å²) < 4.78 is 5.14. The molecule has 0 aliphatic carbocycles. The summed E-state index contributed by atoms with van der Waals surface area (Å²) in [5.41, 5.74) is 3.15. The van der Waals surface area contributed by atoms with Crippen LogP contribution in [0.25, 0.3) is 0 Å². The first kappa shape index (κ1) is 17.7. The van der Waals surface area contributed by atoms with E-state index in [0.717, 1.165) is 17.4 Å². The average Bonchev–Trinajstić information content (AvgIpc) is 2.60. The molecule has 1 N–H and O–H groups in total. The summed E-state index contributed by atoms with van der Waals surface area (Å²) in [5.74, 6) is 0.465. The predicted octanol–water partition coefficient (Wildman–Crippen LogP) is 3.85. The lowest BCUT2D eigenvalue weighted by atomic mass is 9.99. The number of rotatable bonds is 7. The third kappa shape index (κ3) is 5.54. The second kappa shape index (κ2) is 8.87. The van der Waals surface area contributed by atoms with E-state index in [1.807, 2.05) is 42.5 Å².